The second kappa shape index (κ2) is 8.94. The zero-order valence-electron chi connectivity index (χ0n) is 14.0. The molecule has 0 heterocycles. The minimum atomic E-state index is -0.402. The lowest BCUT2D eigenvalue weighted by molar-refractivity contribution is -0.125. The fourth-order valence-corrected chi connectivity index (χ4v) is 2.15. The first-order valence-electron chi connectivity index (χ1n) is 7.57. The van der Waals surface area contributed by atoms with Gasteiger partial charge in [0.05, 0.1) is 19.3 Å². The third-order valence-corrected chi connectivity index (χ3v) is 3.51. The largest absolute Gasteiger partial charge is 0.495 e. The van der Waals surface area contributed by atoms with E-state index < -0.39 is 5.91 Å². The summed E-state index contributed by atoms with van der Waals surface area (Å²) in [7, 11) is 1.52. The number of methoxy groups -OCH3 is 1. The van der Waals surface area contributed by atoms with Crippen LogP contribution in [-0.2, 0) is 9.59 Å². The number of halogens is 1. The Labute approximate surface area is 151 Å². The van der Waals surface area contributed by atoms with Crippen LogP contribution in [0.3, 0.4) is 0 Å². The molecule has 0 unspecified atom stereocenters. The summed E-state index contributed by atoms with van der Waals surface area (Å²) in [5.41, 5.74) is 1.54. The number of amides is 2. The highest BCUT2D eigenvalue weighted by Crippen LogP contribution is 2.24. The summed E-state index contributed by atoms with van der Waals surface area (Å²) in [6.07, 6.45) is 0. The minimum Gasteiger partial charge on any atom is -0.495 e. The van der Waals surface area contributed by atoms with Crippen molar-refractivity contribution in [2.75, 3.05) is 25.6 Å². The van der Waals surface area contributed by atoms with Crippen LogP contribution >= 0.6 is 11.6 Å². The van der Waals surface area contributed by atoms with Gasteiger partial charge in [0.2, 0.25) is 5.91 Å². The summed E-state index contributed by atoms with van der Waals surface area (Å²) in [5.74, 6) is 0.315. The summed E-state index contributed by atoms with van der Waals surface area (Å²) < 4.78 is 10.5. The molecule has 0 spiro atoms. The highest BCUT2D eigenvalue weighted by atomic mass is 35.5. The maximum Gasteiger partial charge on any atom is 0.258 e. The summed E-state index contributed by atoms with van der Waals surface area (Å²) in [4.78, 5) is 23.7. The molecule has 2 amide bonds. The van der Waals surface area contributed by atoms with Crippen LogP contribution in [0.15, 0.2) is 42.5 Å². The molecule has 0 aromatic heterocycles. The van der Waals surface area contributed by atoms with Crippen molar-refractivity contribution in [1.29, 1.82) is 0 Å². The Morgan fingerprint density at radius 1 is 1.08 bits per heavy atom. The van der Waals surface area contributed by atoms with Gasteiger partial charge in [-0.1, -0.05) is 17.7 Å². The summed E-state index contributed by atoms with van der Waals surface area (Å²) in [6.45, 7) is 1.55. The summed E-state index contributed by atoms with van der Waals surface area (Å²) in [6, 6.07) is 12.1. The molecule has 7 heteroatoms. The van der Waals surface area contributed by atoms with Crippen LogP contribution in [-0.4, -0.2) is 32.1 Å². The van der Waals surface area contributed by atoms with E-state index in [1.54, 1.807) is 36.4 Å². The van der Waals surface area contributed by atoms with Gasteiger partial charge in [-0.3, -0.25) is 9.59 Å². The second-order valence-electron chi connectivity index (χ2n) is 5.27. The monoisotopic (exact) mass is 362 g/mol. The average molecular weight is 363 g/mol. The lowest BCUT2D eigenvalue weighted by Crippen LogP contribution is -2.35. The molecule has 6 nitrogen and oxygen atoms in total. The minimum absolute atomic E-state index is 0.167. The Bertz CT molecular complexity index is 747. The SMILES string of the molecule is COc1ccc(C)cc1NC(=O)CNC(=O)COc1ccc(Cl)cc1. The molecule has 0 aliphatic rings. The number of anilines is 1. The molecule has 0 atom stereocenters. The maximum atomic E-state index is 12.0. The van der Waals surface area contributed by atoms with E-state index in [-0.39, 0.29) is 19.1 Å². The van der Waals surface area contributed by atoms with Gasteiger partial charge in [0.25, 0.3) is 5.91 Å². The van der Waals surface area contributed by atoms with Gasteiger partial charge in [-0.25, -0.2) is 0 Å². The van der Waals surface area contributed by atoms with Crippen LogP contribution in [0.5, 0.6) is 11.5 Å². The van der Waals surface area contributed by atoms with E-state index in [4.69, 9.17) is 21.1 Å². The quantitative estimate of drug-likeness (QED) is 0.794. The third-order valence-electron chi connectivity index (χ3n) is 3.26. The van der Waals surface area contributed by atoms with Gasteiger partial charge < -0.3 is 20.1 Å². The molecule has 0 saturated carbocycles. The lowest BCUT2D eigenvalue weighted by Gasteiger charge is -2.11. The average Bonchev–Trinajstić information content (AvgIpc) is 2.59. The lowest BCUT2D eigenvalue weighted by atomic mass is 10.2. The molecular weight excluding hydrogens is 344 g/mol. The molecule has 0 fully saturated rings. The molecule has 25 heavy (non-hydrogen) atoms. The van der Waals surface area contributed by atoms with Crippen molar-refractivity contribution in [3.05, 3.63) is 53.1 Å². The van der Waals surface area contributed by atoms with Gasteiger partial charge in [-0.05, 0) is 48.9 Å². The van der Waals surface area contributed by atoms with Crippen LogP contribution in [0.25, 0.3) is 0 Å². The van der Waals surface area contributed by atoms with Crippen molar-refractivity contribution >= 4 is 29.1 Å². The van der Waals surface area contributed by atoms with Crippen molar-refractivity contribution in [2.45, 2.75) is 6.92 Å². The Kier molecular flexibility index (Phi) is 6.65. The predicted molar refractivity (Wildman–Crippen MR) is 96.3 cm³/mol. The standard InChI is InChI=1S/C18H19ClN2O4/c1-12-3-8-16(24-2)15(9-12)21-17(22)10-20-18(23)11-25-14-6-4-13(19)5-7-14/h3-9H,10-11H2,1-2H3,(H,20,23)(H,21,22). The van der Waals surface area contributed by atoms with Crippen molar-refractivity contribution in [1.82, 2.24) is 5.32 Å². The van der Waals surface area contributed by atoms with Gasteiger partial charge in [-0.15, -0.1) is 0 Å². The number of hydrogen-bond donors (Lipinski definition) is 2. The van der Waals surface area contributed by atoms with Crippen molar-refractivity contribution in [3.63, 3.8) is 0 Å². The number of carbonyl (C=O) groups is 2. The van der Waals surface area contributed by atoms with Crippen LogP contribution in [0.4, 0.5) is 5.69 Å². The molecule has 0 saturated heterocycles. The van der Waals surface area contributed by atoms with E-state index in [1.807, 2.05) is 13.0 Å². The van der Waals surface area contributed by atoms with Crippen LogP contribution in [0.1, 0.15) is 5.56 Å². The second-order valence-corrected chi connectivity index (χ2v) is 5.71. The molecule has 0 aliphatic carbocycles. The summed E-state index contributed by atoms with van der Waals surface area (Å²) in [5, 5.41) is 5.78. The topological polar surface area (TPSA) is 76.7 Å². The van der Waals surface area contributed by atoms with E-state index in [9.17, 15) is 9.59 Å². The highest BCUT2D eigenvalue weighted by Gasteiger charge is 2.10. The first-order chi connectivity index (χ1) is 12.0. The van der Waals surface area contributed by atoms with Gasteiger partial charge in [0.15, 0.2) is 6.61 Å². The highest BCUT2D eigenvalue weighted by molar-refractivity contribution is 6.30. The molecule has 0 aliphatic heterocycles. The van der Waals surface area contributed by atoms with E-state index in [2.05, 4.69) is 10.6 Å². The zero-order valence-corrected chi connectivity index (χ0v) is 14.7. The molecule has 0 radical (unpaired) electrons. The molecule has 2 aromatic rings. The Balaban J connectivity index is 1.78. The first kappa shape index (κ1) is 18.6. The smallest absolute Gasteiger partial charge is 0.258 e. The van der Waals surface area contributed by atoms with Crippen molar-refractivity contribution in [2.24, 2.45) is 0 Å². The van der Waals surface area contributed by atoms with E-state index in [1.165, 1.54) is 7.11 Å². The summed E-state index contributed by atoms with van der Waals surface area (Å²) >= 11 is 5.77. The predicted octanol–water partition coefficient (Wildman–Crippen LogP) is 2.79. The van der Waals surface area contributed by atoms with Gasteiger partial charge in [0.1, 0.15) is 11.5 Å². The fraction of sp³-hybridized carbons (Fsp3) is 0.222. The van der Waals surface area contributed by atoms with E-state index in [0.29, 0.717) is 22.2 Å². The number of benzene rings is 2. The molecule has 0 bridgehead atoms. The number of rotatable bonds is 7. The fourth-order valence-electron chi connectivity index (χ4n) is 2.02. The van der Waals surface area contributed by atoms with Crippen LogP contribution < -0.4 is 20.1 Å². The van der Waals surface area contributed by atoms with E-state index >= 15 is 0 Å². The Morgan fingerprint density at radius 2 is 1.80 bits per heavy atom. The number of nitrogens with one attached hydrogen (secondary N) is 2. The van der Waals surface area contributed by atoms with Gasteiger partial charge in [-0.2, -0.15) is 0 Å². The van der Waals surface area contributed by atoms with Gasteiger partial charge in [0, 0.05) is 5.02 Å². The third kappa shape index (κ3) is 6.00. The Morgan fingerprint density at radius 3 is 2.48 bits per heavy atom. The Hall–Kier alpha value is -2.73. The molecular formula is C18H19ClN2O4. The zero-order chi connectivity index (χ0) is 18.2. The number of ether oxygens (including phenoxy) is 2. The molecule has 2 N–H and O–H groups in total. The number of aryl methyl sites for hydroxylation is 1. The molecule has 2 rings (SSSR count). The van der Waals surface area contributed by atoms with Gasteiger partial charge >= 0.3 is 0 Å². The van der Waals surface area contributed by atoms with Crippen molar-refractivity contribution in [3.8, 4) is 11.5 Å². The maximum absolute atomic E-state index is 12.0. The normalized spacial score (nSPS) is 10.0. The molecule has 132 valence electrons. The molecule has 2 aromatic carbocycles. The number of carbonyl (C=O) groups excluding carboxylic acids is 2. The van der Waals surface area contributed by atoms with Crippen molar-refractivity contribution < 1.29 is 19.1 Å². The van der Waals surface area contributed by atoms with E-state index in [0.717, 1.165) is 5.56 Å². The number of hydrogen-bond acceptors (Lipinski definition) is 4. The first-order valence-corrected chi connectivity index (χ1v) is 7.95. The van der Waals surface area contributed by atoms with Crippen LogP contribution in [0.2, 0.25) is 5.02 Å². The van der Waals surface area contributed by atoms with Crippen LogP contribution in [0, 0.1) is 6.92 Å².